The quantitative estimate of drug-likeness (QED) is 0.364. The normalized spacial score (nSPS) is 37.6. The van der Waals surface area contributed by atoms with E-state index in [9.17, 15) is 14.4 Å². The molecular weight excluding hydrogens is 416 g/mol. The Balaban J connectivity index is 1.46. The molecule has 6 unspecified atom stereocenters. The van der Waals surface area contributed by atoms with Gasteiger partial charge in [-0.15, -0.1) is 0 Å². The Morgan fingerprint density at radius 3 is 2.33 bits per heavy atom. The second kappa shape index (κ2) is 9.54. The Kier molecular flexibility index (Phi) is 7.08. The van der Waals surface area contributed by atoms with Crippen LogP contribution in [0.5, 0.6) is 0 Å². The van der Waals surface area contributed by atoms with Crippen molar-refractivity contribution in [3.8, 4) is 0 Å². The van der Waals surface area contributed by atoms with E-state index in [2.05, 4.69) is 13.8 Å². The molecule has 0 aromatic heterocycles. The van der Waals surface area contributed by atoms with Crippen LogP contribution in [0.1, 0.15) is 91.9 Å². The Hall–Kier alpha value is -1.65. The molecule has 5 heteroatoms. The maximum absolute atomic E-state index is 12.5. The number of hydrogen-bond donors (Lipinski definition) is 0. The van der Waals surface area contributed by atoms with Gasteiger partial charge in [0.05, 0.1) is 13.2 Å². The third-order valence-electron chi connectivity index (χ3n) is 10.1. The zero-order valence-electron chi connectivity index (χ0n) is 21.0. The van der Waals surface area contributed by atoms with Crippen molar-refractivity contribution in [1.82, 2.24) is 0 Å². The van der Waals surface area contributed by atoms with E-state index in [0.29, 0.717) is 36.4 Å². The number of esters is 2. The molecule has 0 bridgehead atoms. The Morgan fingerprint density at radius 1 is 0.970 bits per heavy atom. The molecule has 4 rings (SSSR count). The summed E-state index contributed by atoms with van der Waals surface area (Å²) in [5, 5.41) is 0. The molecule has 4 aliphatic carbocycles. The molecule has 6 atom stereocenters. The van der Waals surface area contributed by atoms with E-state index in [-0.39, 0.29) is 24.0 Å². The van der Waals surface area contributed by atoms with Crippen LogP contribution in [0.25, 0.3) is 0 Å². The fourth-order valence-electron chi connectivity index (χ4n) is 8.33. The van der Waals surface area contributed by atoms with E-state index in [1.807, 2.05) is 6.08 Å². The highest BCUT2D eigenvalue weighted by atomic mass is 16.6. The minimum Gasteiger partial charge on any atom is -0.465 e. The molecule has 33 heavy (non-hydrogen) atoms. The number of ketones is 1. The lowest BCUT2D eigenvalue weighted by atomic mass is 9.46. The highest BCUT2D eigenvalue weighted by Gasteiger charge is 2.58. The van der Waals surface area contributed by atoms with E-state index in [4.69, 9.17) is 9.47 Å². The summed E-state index contributed by atoms with van der Waals surface area (Å²) in [5.41, 5.74) is 1.90. The maximum atomic E-state index is 12.5. The second-order valence-corrected chi connectivity index (χ2v) is 11.4. The van der Waals surface area contributed by atoms with Gasteiger partial charge in [0, 0.05) is 6.42 Å². The Labute approximate surface area is 199 Å². The summed E-state index contributed by atoms with van der Waals surface area (Å²) in [6.45, 7) is 9.01. The maximum Gasteiger partial charge on any atom is 0.320 e. The molecule has 0 aliphatic heterocycles. The highest BCUT2D eigenvalue weighted by molar-refractivity contribution is 5.94. The lowest BCUT2D eigenvalue weighted by Crippen LogP contribution is -2.50. The molecule has 3 saturated carbocycles. The first-order valence-corrected chi connectivity index (χ1v) is 13.3. The Morgan fingerprint density at radius 2 is 1.67 bits per heavy atom. The molecule has 0 spiro atoms. The smallest absolute Gasteiger partial charge is 0.320 e. The molecular formula is C28H42O5. The van der Waals surface area contributed by atoms with Gasteiger partial charge in [0.25, 0.3) is 0 Å². The van der Waals surface area contributed by atoms with Gasteiger partial charge in [-0.3, -0.25) is 14.4 Å². The minimum atomic E-state index is -0.801. The number of rotatable bonds is 7. The van der Waals surface area contributed by atoms with Crippen molar-refractivity contribution in [2.24, 2.45) is 40.4 Å². The molecule has 0 N–H and O–H groups in total. The summed E-state index contributed by atoms with van der Waals surface area (Å²) in [6.07, 6.45) is 12.3. The van der Waals surface area contributed by atoms with Crippen LogP contribution >= 0.6 is 0 Å². The average Bonchev–Trinajstić information content (AvgIpc) is 3.11. The minimum absolute atomic E-state index is 0.204. The second-order valence-electron chi connectivity index (χ2n) is 11.4. The van der Waals surface area contributed by atoms with Crippen LogP contribution in [0.3, 0.4) is 0 Å². The van der Waals surface area contributed by atoms with Gasteiger partial charge in [0.15, 0.2) is 11.7 Å². The summed E-state index contributed by atoms with van der Waals surface area (Å²) < 4.78 is 10.4. The molecule has 3 fully saturated rings. The average molecular weight is 459 g/mol. The van der Waals surface area contributed by atoms with Crippen LogP contribution in [0, 0.1) is 40.4 Å². The predicted molar refractivity (Wildman–Crippen MR) is 126 cm³/mol. The van der Waals surface area contributed by atoms with E-state index in [1.54, 1.807) is 13.8 Å². The van der Waals surface area contributed by atoms with Crippen LogP contribution in [0.2, 0.25) is 0 Å². The van der Waals surface area contributed by atoms with Gasteiger partial charge in [-0.05, 0) is 112 Å². The first kappa shape index (κ1) is 24.5. The number of ether oxygens (including phenoxy) is 2. The Bertz CT molecular complexity index is 797. The fourth-order valence-corrected chi connectivity index (χ4v) is 8.33. The van der Waals surface area contributed by atoms with E-state index in [1.165, 1.54) is 37.7 Å². The molecule has 5 nitrogen and oxygen atoms in total. The van der Waals surface area contributed by atoms with Gasteiger partial charge in [-0.25, -0.2) is 0 Å². The van der Waals surface area contributed by atoms with Gasteiger partial charge < -0.3 is 9.47 Å². The number of carbonyl (C=O) groups is 3. The van der Waals surface area contributed by atoms with Gasteiger partial charge >= 0.3 is 11.9 Å². The van der Waals surface area contributed by atoms with E-state index >= 15 is 0 Å². The number of hydrogen-bond acceptors (Lipinski definition) is 5. The summed E-state index contributed by atoms with van der Waals surface area (Å²) in [4.78, 5) is 37.0. The molecule has 0 amide bonds. The van der Waals surface area contributed by atoms with Crippen molar-refractivity contribution in [2.75, 3.05) is 13.2 Å². The van der Waals surface area contributed by atoms with Crippen LogP contribution in [0.15, 0.2) is 11.6 Å². The van der Waals surface area contributed by atoms with Crippen molar-refractivity contribution in [3.63, 3.8) is 0 Å². The SMILES string of the molecule is CCOC(=O)C(CCC1CCC2C3CCC4=CC(=O)CCC4(C)C3CCC12C)C(=O)OCC. The largest absolute Gasteiger partial charge is 0.465 e. The van der Waals surface area contributed by atoms with Crippen LogP contribution < -0.4 is 0 Å². The number of fused-ring (bicyclic) bond motifs is 5. The molecule has 0 aromatic rings. The summed E-state index contributed by atoms with van der Waals surface area (Å²) in [5.74, 6) is 1.30. The third kappa shape index (κ3) is 4.30. The molecule has 184 valence electrons. The lowest BCUT2D eigenvalue weighted by Gasteiger charge is -2.58. The van der Waals surface area contributed by atoms with Crippen molar-refractivity contribution >= 4 is 17.7 Å². The fraction of sp³-hybridized carbons (Fsp3) is 0.821. The number of carbonyl (C=O) groups excluding carboxylic acids is 3. The zero-order valence-corrected chi connectivity index (χ0v) is 21.0. The number of allylic oxidation sites excluding steroid dienone is 1. The first-order valence-electron chi connectivity index (χ1n) is 13.3. The molecule has 0 radical (unpaired) electrons. The third-order valence-corrected chi connectivity index (χ3v) is 10.1. The van der Waals surface area contributed by atoms with Crippen LogP contribution in [-0.4, -0.2) is 30.9 Å². The molecule has 0 heterocycles. The lowest BCUT2D eigenvalue weighted by molar-refractivity contribution is -0.162. The summed E-state index contributed by atoms with van der Waals surface area (Å²) in [7, 11) is 0. The van der Waals surface area contributed by atoms with Crippen molar-refractivity contribution in [1.29, 1.82) is 0 Å². The predicted octanol–water partition coefficient (Wildman–Crippen LogP) is 5.66. The van der Waals surface area contributed by atoms with Crippen molar-refractivity contribution < 1.29 is 23.9 Å². The van der Waals surface area contributed by atoms with E-state index < -0.39 is 17.9 Å². The van der Waals surface area contributed by atoms with Gasteiger partial charge in [-0.2, -0.15) is 0 Å². The standard InChI is InChI=1S/C28H42O5/c1-5-32-25(30)22(26(31)33-6-2)11-7-18-9-12-23-21-10-8-19-17-20(29)13-15-28(19,4)24(21)14-16-27(18,23)3/h17-18,21-24H,5-16H2,1-4H3. The zero-order chi connectivity index (χ0) is 23.8. The summed E-state index contributed by atoms with van der Waals surface area (Å²) in [6, 6.07) is 0. The monoisotopic (exact) mass is 458 g/mol. The molecule has 4 aliphatic rings. The van der Waals surface area contributed by atoms with Crippen LogP contribution in [-0.2, 0) is 23.9 Å². The van der Waals surface area contributed by atoms with Gasteiger partial charge in [0.1, 0.15) is 0 Å². The summed E-state index contributed by atoms with van der Waals surface area (Å²) >= 11 is 0. The topological polar surface area (TPSA) is 69.7 Å². The van der Waals surface area contributed by atoms with Gasteiger partial charge in [0.2, 0.25) is 0 Å². The molecule has 0 aromatic carbocycles. The highest BCUT2D eigenvalue weighted by Crippen LogP contribution is 2.67. The van der Waals surface area contributed by atoms with Crippen molar-refractivity contribution in [2.45, 2.75) is 91.9 Å². The first-order chi connectivity index (χ1) is 15.7. The molecule has 0 saturated heterocycles. The van der Waals surface area contributed by atoms with E-state index in [0.717, 1.165) is 25.2 Å². The van der Waals surface area contributed by atoms with Crippen molar-refractivity contribution in [3.05, 3.63) is 11.6 Å². The van der Waals surface area contributed by atoms with Crippen LogP contribution in [0.4, 0.5) is 0 Å². The van der Waals surface area contributed by atoms with Gasteiger partial charge in [-0.1, -0.05) is 19.4 Å².